The average Bonchev–Trinajstić information content (AvgIpc) is 2.86. The summed E-state index contributed by atoms with van der Waals surface area (Å²) in [5, 5.41) is 6.21. The molecule has 0 aliphatic carbocycles. The summed E-state index contributed by atoms with van der Waals surface area (Å²) >= 11 is 0. The van der Waals surface area contributed by atoms with Crippen LogP contribution in [-0.2, 0) is 11.3 Å². The van der Waals surface area contributed by atoms with Crippen LogP contribution in [0.25, 0.3) is 16.7 Å². The highest BCUT2D eigenvalue weighted by Crippen LogP contribution is 2.35. The van der Waals surface area contributed by atoms with Gasteiger partial charge in [0, 0.05) is 86.1 Å². The van der Waals surface area contributed by atoms with Crippen molar-refractivity contribution in [2.75, 3.05) is 30.3 Å². The van der Waals surface area contributed by atoms with E-state index in [1.54, 1.807) is 18.5 Å². The largest absolute Gasteiger partial charge is 0.381 e. The molecule has 3 aromatic rings. The second kappa shape index (κ2) is 9.66. The van der Waals surface area contributed by atoms with Crippen LogP contribution in [0.5, 0.6) is 0 Å². The molecule has 0 radical (unpaired) electrons. The van der Waals surface area contributed by atoms with Gasteiger partial charge in [0.1, 0.15) is 0 Å². The van der Waals surface area contributed by atoms with Gasteiger partial charge in [-0.15, -0.1) is 0 Å². The standard InChI is InChI=1S/C27H27F2N5O2/c1-17-12-31-23-4-2-19(11-22(23)25(17)26(36)33-21-3-5-24(35)32-15-21)20-10-18(13-30-14-20)16-34-8-6-27(28,29)7-9-34/h2-5,10-11,13-15,31H,6-9,12,16H2,1H3,(H,32,35)(H,33,36). The Labute approximate surface area is 207 Å². The first kappa shape index (κ1) is 23.9. The van der Waals surface area contributed by atoms with Crippen molar-refractivity contribution >= 4 is 22.9 Å². The van der Waals surface area contributed by atoms with Gasteiger partial charge in [-0.25, -0.2) is 8.78 Å². The number of anilines is 2. The van der Waals surface area contributed by atoms with Gasteiger partial charge >= 0.3 is 0 Å². The van der Waals surface area contributed by atoms with Gasteiger partial charge in [-0.2, -0.15) is 0 Å². The molecule has 4 heterocycles. The number of carbonyl (C=O) groups excluding carboxylic acids is 1. The number of pyridine rings is 2. The molecule has 5 rings (SSSR count). The van der Waals surface area contributed by atoms with E-state index in [-0.39, 0.29) is 24.3 Å². The zero-order valence-corrected chi connectivity index (χ0v) is 19.9. The van der Waals surface area contributed by atoms with Gasteiger partial charge in [0.05, 0.1) is 5.69 Å². The number of hydrogen-bond acceptors (Lipinski definition) is 5. The Hall–Kier alpha value is -3.85. The van der Waals surface area contributed by atoms with E-state index in [9.17, 15) is 18.4 Å². The first-order valence-corrected chi connectivity index (χ1v) is 11.9. The second-order valence-electron chi connectivity index (χ2n) is 9.38. The molecule has 186 valence electrons. The van der Waals surface area contributed by atoms with Gasteiger partial charge in [0.2, 0.25) is 5.56 Å². The van der Waals surface area contributed by atoms with E-state index in [1.165, 1.54) is 12.3 Å². The Balaban J connectivity index is 1.39. The molecule has 1 saturated heterocycles. The molecular weight excluding hydrogens is 464 g/mol. The van der Waals surface area contributed by atoms with Gasteiger partial charge in [0.15, 0.2) is 0 Å². The second-order valence-corrected chi connectivity index (χ2v) is 9.38. The molecule has 36 heavy (non-hydrogen) atoms. The number of nitrogens with zero attached hydrogens (tertiary/aromatic N) is 2. The van der Waals surface area contributed by atoms with Crippen molar-refractivity contribution in [3.05, 3.63) is 82.0 Å². The summed E-state index contributed by atoms with van der Waals surface area (Å²) in [5.74, 6) is -2.82. The number of hydrogen-bond donors (Lipinski definition) is 3. The quantitative estimate of drug-likeness (QED) is 0.489. The third-order valence-corrected chi connectivity index (χ3v) is 6.65. The van der Waals surface area contributed by atoms with Gasteiger partial charge < -0.3 is 15.6 Å². The molecule has 0 saturated carbocycles. The van der Waals surface area contributed by atoms with Crippen molar-refractivity contribution in [1.82, 2.24) is 14.9 Å². The topological polar surface area (TPSA) is 90.1 Å². The Morgan fingerprint density at radius 2 is 1.92 bits per heavy atom. The van der Waals surface area contributed by atoms with Gasteiger partial charge in [0.25, 0.3) is 11.8 Å². The van der Waals surface area contributed by atoms with E-state index < -0.39 is 5.92 Å². The van der Waals surface area contributed by atoms with Crippen LogP contribution >= 0.6 is 0 Å². The van der Waals surface area contributed by atoms with Crippen molar-refractivity contribution in [3.63, 3.8) is 0 Å². The third-order valence-electron chi connectivity index (χ3n) is 6.65. The van der Waals surface area contributed by atoms with E-state index in [4.69, 9.17) is 0 Å². The highest BCUT2D eigenvalue weighted by molar-refractivity contribution is 6.27. The number of likely N-dealkylation sites (tertiary alicyclic amines) is 1. The van der Waals surface area contributed by atoms with Crippen molar-refractivity contribution in [2.24, 2.45) is 0 Å². The highest BCUT2D eigenvalue weighted by Gasteiger charge is 2.33. The Morgan fingerprint density at radius 1 is 1.11 bits per heavy atom. The molecule has 0 spiro atoms. The summed E-state index contributed by atoms with van der Waals surface area (Å²) in [6, 6.07) is 10.8. The maximum Gasteiger partial charge on any atom is 0.256 e. The molecule has 2 aromatic heterocycles. The van der Waals surface area contributed by atoms with Crippen molar-refractivity contribution in [2.45, 2.75) is 32.2 Å². The van der Waals surface area contributed by atoms with Crippen LogP contribution in [0, 0.1) is 0 Å². The van der Waals surface area contributed by atoms with Crippen LogP contribution in [0.4, 0.5) is 20.2 Å². The first-order valence-electron chi connectivity index (χ1n) is 11.9. The van der Waals surface area contributed by atoms with E-state index in [0.717, 1.165) is 33.5 Å². The van der Waals surface area contributed by atoms with Crippen molar-refractivity contribution in [3.8, 4) is 11.1 Å². The fourth-order valence-corrected chi connectivity index (χ4v) is 4.66. The number of alkyl halides is 2. The van der Waals surface area contributed by atoms with Crippen LogP contribution in [0.2, 0.25) is 0 Å². The average molecular weight is 492 g/mol. The number of benzene rings is 1. The monoisotopic (exact) mass is 491 g/mol. The minimum atomic E-state index is -2.57. The minimum absolute atomic E-state index is 0.118. The molecule has 1 amide bonds. The minimum Gasteiger partial charge on any atom is -0.381 e. The van der Waals surface area contributed by atoms with Crippen molar-refractivity contribution < 1.29 is 13.6 Å². The molecule has 0 bridgehead atoms. The number of carbonyl (C=O) groups is 1. The van der Waals surface area contributed by atoms with Crippen LogP contribution < -0.4 is 16.2 Å². The third kappa shape index (κ3) is 5.21. The zero-order chi connectivity index (χ0) is 25.3. The van der Waals surface area contributed by atoms with E-state index >= 15 is 0 Å². The van der Waals surface area contributed by atoms with Gasteiger partial charge in [-0.1, -0.05) is 6.07 Å². The summed E-state index contributed by atoms with van der Waals surface area (Å²) < 4.78 is 27.0. The lowest BCUT2D eigenvalue weighted by atomic mass is 9.91. The number of nitrogens with one attached hydrogen (secondary N) is 3. The summed E-state index contributed by atoms with van der Waals surface area (Å²) in [6.07, 6.45) is 4.77. The predicted molar refractivity (Wildman–Crippen MR) is 136 cm³/mol. The van der Waals surface area contributed by atoms with E-state index in [0.29, 0.717) is 37.4 Å². The maximum atomic E-state index is 13.5. The molecule has 0 unspecified atom stereocenters. The van der Waals surface area contributed by atoms with E-state index in [2.05, 4.69) is 20.6 Å². The number of aromatic amines is 1. The molecule has 3 N–H and O–H groups in total. The van der Waals surface area contributed by atoms with Crippen molar-refractivity contribution in [1.29, 1.82) is 0 Å². The lowest BCUT2D eigenvalue weighted by Gasteiger charge is -2.31. The Bertz CT molecular complexity index is 1370. The summed E-state index contributed by atoms with van der Waals surface area (Å²) in [6.45, 7) is 3.75. The SMILES string of the molecule is CC1=C(C(=O)Nc2ccc(=O)[nH]c2)c2cc(-c3cncc(CN4CCC(F)(F)CC4)c3)ccc2NC1. The summed E-state index contributed by atoms with van der Waals surface area (Å²) in [4.78, 5) is 33.5. The van der Waals surface area contributed by atoms with Crippen LogP contribution in [0.15, 0.2) is 65.4 Å². The van der Waals surface area contributed by atoms with Crippen LogP contribution in [-0.4, -0.2) is 46.3 Å². The number of piperidine rings is 1. The molecular formula is C27H27F2N5O2. The van der Waals surface area contributed by atoms with Gasteiger partial charge in [-0.05, 0) is 47.9 Å². The molecule has 1 fully saturated rings. The predicted octanol–water partition coefficient (Wildman–Crippen LogP) is 4.51. The molecule has 9 heteroatoms. The number of aromatic nitrogens is 2. The molecule has 2 aliphatic rings. The number of halogens is 2. The smallest absolute Gasteiger partial charge is 0.256 e. The normalized spacial score (nSPS) is 17.3. The molecule has 7 nitrogen and oxygen atoms in total. The molecule has 1 aromatic carbocycles. The van der Waals surface area contributed by atoms with Gasteiger partial charge in [-0.3, -0.25) is 19.5 Å². The highest BCUT2D eigenvalue weighted by atomic mass is 19.3. The lowest BCUT2D eigenvalue weighted by Crippen LogP contribution is -2.38. The number of H-pyrrole nitrogens is 1. The molecule has 0 atom stereocenters. The maximum absolute atomic E-state index is 13.5. The molecule has 2 aliphatic heterocycles. The number of amides is 1. The number of fused-ring (bicyclic) bond motifs is 1. The first-order chi connectivity index (χ1) is 17.3. The van der Waals surface area contributed by atoms with E-state index in [1.807, 2.05) is 36.1 Å². The van der Waals surface area contributed by atoms with Crippen LogP contribution in [0.1, 0.15) is 30.9 Å². The zero-order valence-electron chi connectivity index (χ0n) is 19.9. The van der Waals surface area contributed by atoms with Crippen LogP contribution in [0.3, 0.4) is 0 Å². The Morgan fingerprint density at radius 3 is 2.67 bits per heavy atom. The lowest BCUT2D eigenvalue weighted by molar-refractivity contribution is -0.111. The Kier molecular flexibility index (Phi) is 6.40. The summed E-state index contributed by atoms with van der Waals surface area (Å²) in [5.41, 5.74) is 6.12. The fraction of sp³-hybridized carbons (Fsp3) is 0.296. The summed E-state index contributed by atoms with van der Waals surface area (Å²) in [7, 11) is 0. The fourth-order valence-electron chi connectivity index (χ4n) is 4.66. The number of rotatable bonds is 5.